The molecular formula is C21H23ClN4O3. The van der Waals surface area contributed by atoms with E-state index in [4.69, 9.17) is 23.1 Å². The summed E-state index contributed by atoms with van der Waals surface area (Å²) in [6.07, 6.45) is 1.68. The Hall–Kier alpha value is -3.06. The maximum absolute atomic E-state index is 12.6. The van der Waals surface area contributed by atoms with Gasteiger partial charge in [0.15, 0.2) is 0 Å². The zero-order chi connectivity index (χ0) is 21.0. The van der Waals surface area contributed by atoms with E-state index in [2.05, 4.69) is 10.2 Å². The third-order valence-electron chi connectivity index (χ3n) is 5.08. The standard InChI is InChI=1S/C21H23ClN4O3/c22-16-7-3-13(4-8-16)18(20(24)28)25-21(29)14-5-9-17(10-6-14)26-11-1-2-15(12-26)19(23)27/h3-10,15,18H,1-2,11-12H2,(H2,23,27)(H2,24,28)(H,25,29). The highest BCUT2D eigenvalue weighted by Crippen LogP contribution is 2.24. The molecule has 2 aromatic carbocycles. The Morgan fingerprint density at radius 1 is 1.03 bits per heavy atom. The van der Waals surface area contributed by atoms with Gasteiger partial charge in [-0.1, -0.05) is 23.7 Å². The summed E-state index contributed by atoms with van der Waals surface area (Å²) in [4.78, 5) is 38.0. The molecule has 0 spiro atoms. The smallest absolute Gasteiger partial charge is 0.252 e. The van der Waals surface area contributed by atoms with Crippen LogP contribution in [0.2, 0.25) is 5.02 Å². The van der Waals surface area contributed by atoms with Crippen LogP contribution in [0.1, 0.15) is 34.8 Å². The molecule has 5 N–H and O–H groups in total. The van der Waals surface area contributed by atoms with Crippen LogP contribution in [-0.2, 0) is 9.59 Å². The van der Waals surface area contributed by atoms with Crippen molar-refractivity contribution in [3.05, 3.63) is 64.7 Å². The van der Waals surface area contributed by atoms with Gasteiger partial charge in [0.05, 0.1) is 5.92 Å². The molecule has 1 aliphatic rings. The Morgan fingerprint density at radius 3 is 2.28 bits per heavy atom. The van der Waals surface area contributed by atoms with Gasteiger partial charge >= 0.3 is 0 Å². The molecule has 29 heavy (non-hydrogen) atoms. The van der Waals surface area contributed by atoms with Crippen molar-refractivity contribution >= 4 is 35.0 Å². The quantitative estimate of drug-likeness (QED) is 0.669. The highest BCUT2D eigenvalue weighted by Gasteiger charge is 2.25. The number of carbonyl (C=O) groups is 3. The van der Waals surface area contributed by atoms with Gasteiger partial charge in [0, 0.05) is 29.4 Å². The Labute approximate surface area is 174 Å². The van der Waals surface area contributed by atoms with E-state index in [1.54, 1.807) is 36.4 Å². The van der Waals surface area contributed by atoms with Crippen molar-refractivity contribution in [1.82, 2.24) is 5.32 Å². The Kier molecular flexibility index (Phi) is 6.39. The maximum atomic E-state index is 12.6. The second-order valence-corrected chi connectivity index (χ2v) is 7.53. The monoisotopic (exact) mass is 414 g/mol. The van der Waals surface area contributed by atoms with Crippen LogP contribution in [0.15, 0.2) is 48.5 Å². The molecule has 0 saturated carbocycles. The number of rotatable bonds is 6. The van der Waals surface area contributed by atoms with Crippen molar-refractivity contribution in [2.24, 2.45) is 17.4 Å². The number of nitrogens with one attached hydrogen (secondary N) is 1. The summed E-state index contributed by atoms with van der Waals surface area (Å²) in [7, 11) is 0. The summed E-state index contributed by atoms with van der Waals surface area (Å²) in [5, 5.41) is 3.18. The van der Waals surface area contributed by atoms with Gasteiger partial charge in [0.25, 0.3) is 5.91 Å². The van der Waals surface area contributed by atoms with Gasteiger partial charge in [-0.15, -0.1) is 0 Å². The van der Waals surface area contributed by atoms with Crippen LogP contribution in [0, 0.1) is 5.92 Å². The van der Waals surface area contributed by atoms with Gasteiger partial charge in [-0.2, -0.15) is 0 Å². The molecule has 2 aromatic rings. The highest BCUT2D eigenvalue weighted by molar-refractivity contribution is 6.30. The molecule has 0 aromatic heterocycles. The fraction of sp³-hybridized carbons (Fsp3) is 0.286. The molecule has 8 heteroatoms. The third-order valence-corrected chi connectivity index (χ3v) is 5.33. The number of piperidine rings is 1. The molecule has 3 amide bonds. The number of benzene rings is 2. The molecular weight excluding hydrogens is 392 g/mol. The second kappa shape index (κ2) is 8.96. The predicted molar refractivity (Wildman–Crippen MR) is 111 cm³/mol. The van der Waals surface area contributed by atoms with E-state index in [0.29, 0.717) is 22.7 Å². The number of nitrogens with two attached hydrogens (primary N) is 2. The lowest BCUT2D eigenvalue weighted by Crippen LogP contribution is -2.41. The first kappa shape index (κ1) is 20.7. The summed E-state index contributed by atoms with van der Waals surface area (Å²) in [5.74, 6) is -1.53. The van der Waals surface area contributed by atoms with Crippen LogP contribution in [0.4, 0.5) is 5.69 Å². The minimum Gasteiger partial charge on any atom is -0.371 e. The average molecular weight is 415 g/mol. The summed E-state index contributed by atoms with van der Waals surface area (Å²) in [5.41, 5.74) is 12.8. The molecule has 1 fully saturated rings. The van der Waals surface area contributed by atoms with Crippen molar-refractivity contribution < 1.29 is 14.4 Å². The number of anilines is 1. The van der Waals surface area contributed by atoms with E-state index in [9.17, 15) is 14.4 Å². The van der Waals surface area contributed by atoms with E-state index in [-0.39, 0.29) is 11.8 Å². The molecule has 0 bridgehead atoms. The first-order chi connectivity index (χ1) is 13.8. The summed E-state index contributed by atoms with van der Waals surface area (Å²) < 4.78 is 0. The summed E-state index contributed by atoms with van der Waals surface area (Å²) in [6, 6.07) is 12.6. The van der Waals surface area contributed by atoms with E-state index < -0.39 is 17.9 Å². The number of primary amides is 2. The molecule has 2 unspecified atom stereocenters. The van der Waals surface area contributed by atoms with Gasteiger partial charge in [0.1, 0.15) is 6.04 Å². The van der Waals surface area contributed by atoms with E-state index in [0.717, 1.165) is 25.1 Å². The van der Waals surface area contributed by atoms with Crippen molar-refractivity contribution in [3.8, 4) is 0 Å². The molecule has 152 valence electrons. The Morgan fingerprint density at radius 2 is 1.69 bits per heavy atom. The molecule has 0 radical (unpaired) electrons. The van der Waals surface area contributed by atoms with Crippen molar-refractivity contribution in [3.63, 3.8) is 0 Å². The van der Waals surface area contributed by atoms with Crippen LogP contribution in [0.3, 0.4) is 0 Å². The van der Waals surface area contributed by atoms with Gasteiger partial charge in [-0.25, -0.2) is 0 Å². The number of carbonyl (C=O) groups excluding carboxylic acids is 3. The lowest BCUT2D eigenvalue weighted by atomic mass is 9.97. The lowest BCUT2D eigenvalue weighted by molar-refractivity contribution is -0.122. The number of halogens is 1. The predicted octanol–water partition coefficient (Wildman–Crippen LogP) is 2.00. The fourth-order valence-corrected chi connectivity index (χ4v) is 3.58. The summed E-state index contributed by atoms with van der Waals surface area (Å²) >= 11 is 5.87. The number of hydrogen-bond acceptors (Lipinski definition) is 4. The maximum Gasteiger partial charge on any atom is 0.252 e. The van der Waals surface area contributed by atoms with Gasteiger partial charge in [-0.3, -0.25) is 14.4 Å². The third kappa shape index (κ3) is 5.06. The number of amides is 3. The molecule has 0 aliphatic carbocycles. The fourth-order valence-electron chi connectivity index (χ4n) is 3.46. The van der Waals surface area contributed by atoms with Crippen LogP contribution in [0.25, 0.3) is 0 Å². The Bertz CT molecular complexity index is 899. The van der Waals surface area contributed by atoms with Crippen LogP contribution >= 0.6 is 11.6 Å². The van der Waals surface area contributed by atoms with Crippen LogP contribution < -0.4 is 21.7 Å². The van der Waals surface area contributed by atoms with E-state index >= 15 is 0 Å². The zero-order valence-corrected chi connectivity index (χ0v) is 16.6. The molecule has 7 nitrogen and oxygen atoms in total. The SMILES string of the molecule is NC(=O)C1CCCN(c2ccc(C(=O)NC(C(N)=O)c3ccc(Cl)cc3)cc2)C1. The minimum atomic E-state index is -0.960. The zero-order valence-electron chi connectivity index (χ0n) is 15.8. The molecule has 2 atom stereocenters. The minimum absolute atomic E-state index is 0.164. The van der Waals surface area contributed by atoms with Crippen molar-refractivity contribution in [2.75, 3.05) is 18.0 Å². The second-order valence-electron chi connectivity index (χ2n) is 7.09. The largest absolute Gasteiger partial charge is 0.371 e. The molecule has 1 saturated heterocycles. The van der Waals surface area contributed by atoms with E-state index in [1.165, 1.54) is 0 Å². The Balaban J connectivity index is 1.70. The first-order valence-corrected chi connectivity index (χ1v) is 9.73. The normalized spacial score (nSPS) is 17.4. The highest BCUT2D eigenvalue weighted by atomic mass is 35.5. The average Bonchev–Trinajstić information content (AvgIpc) is 2.72. The van der Waals surface area contributed by atoms with E-state index in [1.807, 2.05) is 12.1 Å². The lowest BCUT2D eigenvalue weighted by Gasteiger charge is -2.33. The number of nitrogens with zero attached hydrogens (tertiary/aromatic N) is 1. The van der Waals surface area contributed by atoms with Crippen molar-refractivity contribution in [2.45, 2.75) is 18.9 Å². The first-order valence-electron chi connectivity index (χ1n) is 9.35. The molecule has 1 heterocycles. The van der Waals surface area contributed by atoms with Crippen molar-refractivity contribution in [1.29, 1.82) is 0 Å². The summed E-state index contributed by atoms with van der Waals surface area (Å²) in [6.45, 7) is 1.40. The van der Waals surface area contributed by atoms with Crippen LogP contribution in [0.5, 0.6) is 0 Å². The van der Waals surface area contributed by atoms with Gasteiger partial charge in [0.2, 0.25) is 11.8 Å². The molecule has 1 aliphatic heterocycles. The van der Waals surface area contributed by atoms with Gasteiger partial charge < -0.3 is 21.7 Å². The topological polar surface area (TPSA) is 119 Å². The van der Waals surface area contributed by atoms with Crippen LogP contribution in [-0.4, -0.2) is 30.8 Å². The van der Waals surface area contributed by atoms with Gasteiger partial charge in [-0.05, 0) is 54.8 Å². The number of hydrogen-bond donors (Lipinski definition) is 3. The molecule has 3 rings (SSSR count).